The molecule has 0 fully saturated rings. The van der Waals surface area contributed by atoms with Crippen LogP contribution in [0.2, 0.25) is 0 Å². The van der Waals surface area contributed by atoms with Gasteiger partial charge in [-0.15, -0.1) is 0 Å². The summed E-state index contributed by atoms with van der Waals surface area (Å²) in [5.41, 5.74) is 5.55. The van der Waals surface area contributed by atoms with Gasteiger partial charge in [-0.05, 0) is 49.0 Å². The third-order valence-electron chi connectivity index (χ3n) is 2.30. The Morgan fingerprint density at radius 3 is 2.00 bits per heavy atom. The zero-order chi connectivity index (χ0) is 10.2. The molecule has 0 atom stereocenters. The highest BCUT2D eigenvalue weighted by molar-refractivity contribution is 5.50. The summed E-state index contributed by atoms with van der Waals surface area (Å²) in [6, 6.07) is 0. The number of hydrogen-bond donors (Lipinski definition) is 0. The van der Waals surface area contributed by atoms with Gasteiger partial charge in [-0.1, -0.05) is 32.4 Å². The Hall–Kier alpha value is -0.780. The van der Waals surface area contributed by atoms with E-state index in [9.17, 15) is 0 Å². The van der Waals surface area contributed by atoms with Gasteiger partial charge in [0.1, 0.15) is 0 Å². The van der Waals surface area contributed by atoms with Gasteiger partial charge in [-0.3, -0.25) is 0 Å². The van der Waals surface area contributed by atoms with Crippen LogP contribution in [0.3, 0.4) is 0 Å². The molecule has 0 aromatic rings. The first-order chi connectivity index (χ1) is 5.82. The summed E-state index contributed by atoms with van der Waals surface area (Å²) in [6.07, 6.45) is 5.72. The Balaban J connectivity index is 3.13. The van der Waals surface area contributed by atoms with E-state index in [0.29, 0.717) is 0 Å². The van der Waals surface area contributed by atoms with Crippen LogP contribution in [-0.2, 0) is 0 Å². The van der Waals surface area contributed by atoms with Crippen molar-refractivity contribution >= 4 is 0 Å². The van der Waals surface area contributed by atoms with Gasteiger partial charge >= 0.3 is 0 Å². The molecular weight excluding hydrogens is 156 g/mol. The molecule has 1 aliphatic rings. The lowest BCUT2D eigenvalue weighted by molar-refractivity contribution is 0.510. The van der Waals surface area contributed by atoms with Gasteiger partial charge in [0, 0.05) is 0 Å². The fourth-order valence-electron chi connectivity index (χ4n) is 1.61. The minimum absolute atomic E-state index is 0.220. The second kappa shape index (κ2) is 3.17. The lowest BCUT2D eigenvalue weighted by Gasteiger charge is -2.20. The lowest BCUT2D eigenvalue weighted by Crippen LogP contribution is -2.08. The summed E-state index contributed by atoms with van der Waals surface area (Å²) < 4.78 is 0. The number of hydrogen-bond acceptors (Lipinski definition) is 0. The Morgan fingerprint density at radius 1 is 1.23 bits per heavy atom. The second-order valence-corrected chi connectivity index (χ2v) is 4.99. The van der Waals surface area contributed by atoms with E-state index < -0.39 is 0 Å². The van der Waals surface area contributed by atoms with Crippen LogP contribution in [0.1, 0.15) is 41.5 Å². The maximum absolute atomic E-state index is 3.48. The van der Waals surface area contributed by atoms with Crippen molar-refractivity contribution in [2.24, 2.45) is 5.41 Å². The van der Waals surface area contributed by atoms with Gasteiger partial charge in [0.2, 0.25) is 0 Å². The van der Waals surface area contributed by atoms with Crippen molar-refractivity contribution in [2.45, 2.75) is 41.5 Å². The van der Waals surface area contributed by atoms with Crippen molar-refractivity contribution in [3.8, 4) is 0 Å². The molecule has 0 aliphatic heterocycles. The van der Waals surface area contributed by atoms with Gasteiger partial charge in [0.25, 0.3) is 0 Å². The van der Waals surface area contributed by atoms with Crippen LogP contribution in [-0.4, -0.2) is 0 Å². The van der Waals surface area contributed by atoms with Crippen LogP contribution in [0.15, 0.2) is 28.4 Å². The maximum atomic E-state index is 3.48. The largest absolute Gasteiger partial charge is 0.0685 e. The Kier molecular flexibility index (Phi) is 2.51. The van der Waals surface area contributed by atoms with Crippen molar-refractivity contribution in [3.63, 3.8) is 0 Å². The molecular formula is C13H19. The average Bonchev–Trinajstić information content (AvgIpc) is 2.29. The predicted octanol–water partition coefficient (Wildman–Crippen LogP) is 4.06. The van der Waals surface area contributed by atoms with Crippen molar-refractivity contribution in [2.75, 3.05) is 0 Å². The third-order valence-corrected chi connectivity index (χ3v) is 2.30. The van der Waals surface area contributed by atoms with Crippen molar-refractivity contribution in [1.29, 1.82) is 0 Å². The molecule has 0 heteroatoms. The van der Waals surface area contributed by atoms with Gasteiger partial charge in [-0.25, -0.2) is 0 Å². The van der Waals surface area contributed by atoms with Crippen molar-refractivity contribution < 1.29 is 0 Å². The maximum Gasteiger partial charge on any atom is -0.00628 e. The highest BCUT2D eigenvalue weighted by atomic mass is 14.3. The Bertz CT molecular complexity index is 299. The number of allylic oxidation sites excluding steroid dienone is 6. The summed E-state index contributed by atoms with van der Waals surface area (Å²) in [5, 5.41) is 0. The van der Waals surface area contributed by atoms with E-state index in [1.165, 1.54) is 22.3 Å². The molecule has 0 nitrogen and oxygen atoms in total. The van der Waals surface area contributed by atoms with Crippen LogP contribution < -0.4 is 0 Å². The second-order valence-electron chi connectivity index (χ2n) is 4.99. The van der Waals surface area contributed by atoms with Gasteiger partial charge in [0.05, 0.1) is 0 Å². The summed E-state index contributed by atoms with van der Waals surface area (Å²) in [4.78, 5) is 0. The first-order valence-electron chi connectivity index (χ1n) is 4.83. The highest BCUT2D eigenvalue weighted by Crippen LogP contribution is 2.36. The van der Waals surface area contributed by atoms with E-state index in [4.69, 9.17) is 0 Å². The van der Waals surface area contributed by atoms with Crippen LogP contribution in [0.4, 0.5) is 0 Å². The molecule has 0 amide bonds. The molecule has 71 valence electrons. The molecule has 0 bridgehead atoms. The van der Waals surface area contributed by atoms with E-state index in [1.54, 1.807) is 0 Å². The molecule has 1 aliphatic carbocycles. The minimum Gasteiger partial charge on any atom is -0.0685 e. The zero-order valence-electron chi connectivity index (χ0n) is 9.58. The molecule has 13 heavy (non-hydrogen) atoms. The zero-order valence-corrected chi connectivity index (χ0v) is 9.58. The molecule has 0 aromatic carbocycles. The van der Waals surface area contributed by atoms with Crippen molar-refractivity contribution in [1.82, 2.24) is 0 Å². The summed E-state index contributed by atoms with van der Waals surface area (Å²) >= 11 is 0. The topological polar surface area (TPSA) is 0 Å². The van der Waals surface area contributed by atoms with Crippen LogP contribution >= 0.6 is 0 Å². The van der Waals surface area contributed by atoms with Crippen molar-refractivity contribution in [3.05, 3.63) is 34.4 Å². The SMILES string of the molecule is CC1=CC(=C(C)C)[C]=C1C(C)(C)C. The lowest BCUT2D eigenvalue weighted by atomic mass is 9.84. The smallest absolute Gasteiger partial charge is 0.00628 e. The fourth-order valence-corrected chi connectivity index (χ4v) is 1.61. The quantitative estimate of drug-likeness (QED) is 0.521. The number of rotatable bonds is 0. The first kappa shape index (κ1) is 10.3. The molecule has 0 spiro atoms. The minimum atomic E-state index is 0.220. The molecule has 1 radical (unpaired) electrons. The van der Waals surface area contributed by atoms with E-state index in [1.807, 2.05) is 0 Å². The highest BCUT2D eigenvalue weighted by Gasteiger charge is 2.22. The summed E-state index contributed by atoms with van der Waals surface area (Å²) in [5.74, 6) is 0. The van der Waals surface area contributed by atoms with Crippen LogP contribution in [0.25, 0.3) is 0 Å². The van der Waals surface area contributed by atoms with E-state index in [-0.39, 0.29) is 5.41 Å². The molecule has 0 N–H and O–H groups in total. The molecule has 0 aromatic heterocycles. The molecule has 0 heterocycles. The van der Waals surface area contributed by atoms with Gasteiger partial charge in [0.15, 0.2) is 0 Å². The average molecular weight is 175 g/mol. The third kappa shape index (κ3) is 2.12. The summed E-state index contributed by atoms with van der Waals surface area (Å²) in [6.45, 7) is 13.2. The van der Waals surface area contributed by atoms with Crippen LogP contribution in [0, 0.1) is 11.5 Å². The monoisotopic (exact) mass is 175 g/mol. The molecule has 0 saturated carbocycles. The van der Waals surface area contributed by atoms with Gasteiger partial charge < -0.3 is 0 Å². The Morgan fingerprint density at radius 2 is 1.77 bits per heavy atom. The summed E-state index contributed by atoms with van der Waals surface area (Å²) in [7, 11) is 0. The van der Waals surface area contributed by atoms with E-state index >= 15 is 0 Å². The predicted molar refractivity (Wildman–Crippen MR) is 58.3 cm³/mol. The standard InChI is InChI=1S/C13H19/c1-9(2)11-7-10(3)12(8-11)13(4,5)6/h7H,1-6H3. The van der Waals surface area contributed by atoms with E-state index in [2.05, 4.69) is 53.7 Å². The molecule has 0 unspecified atom stereocenters. The molecule has 1 rings (SSSR count). The Labute approximate surface area is 82.0 Å². The molecule has 0 saturated heterocycles. The van der Waals surface area contributed by atoms with E-state index in [0.717, 1.165) is 0 Å². The first-order valence-corrected chi connectivity index (χ1v) is 4.83. The fraction of sp³-hybridized carbons (Fsp3) is 0.538. The normalized spacial score (nSPS) is 17.2. The van der Waals surface area contributed by atoms with Crippen LogP contribution in [0.5, 0.6) is 0 Å². The van der Waals surface area contributed by atoms with Gasteiger partial charge in [-0.2, -0.15) is 0 Å².